The van der Waals surface area contributed by atoms with Gasteiger partial charge in [-0.15, -0.1) is 0 Å². The van der Waals surface area contributed by atoms with E-state index in [9.17, 15) is 9.59 Å². The predicted octanol–water partition coefficient (Wildman–Crippen LogP) is 1.44. The zero-order valence-corrected chi connectivity index (χ0v) is 11.7. The molecule has 1 saturated heterocycles. The lowest BCUT2D eigenvalue weighted by atomic mass is 10.1. The Morgan fingerprint density at radius 2 is 1.85 bits per heavy atom. The summed E-state index contributed by atoms with van der Waals surface area (Å²) < 4.78 is 5.18. The summed E-state index contributed by atoms with van der Waals surface area (Å²) in [6, 6.07) is 7.66. The number of morpholine rings is 1. The summed E-state index contributed by atoms with van der Waals surface area (Å²) >= 11 is 0. The Bertz CT molecular complexity index is 465. The molecule has 1 aliphatic rings. The topological polar surface area (TPSA) is 58.6 Å². The van der Waals surface area contributed by atoms with E-state index in [0.717, 1.165) is 12.1 Å². The molecule has 0 saturated carbocycles. The number of carbonyl (C=O) groups is 2. The average Bonchev–Trinajstić information content (AvgIpc) is 2.49. The van der Waals surface area contributed by atoms with Gasteiger partial charge in [0.2, 0.25) is 11.8 Å². The minimum atomic E-state index is -0.272. The maximum absolute atomic E-state index is 11.9. The second-order valence-electron chi connectivity index (χ2n) is 4.77. The molecular formula is C15H20N2O3. The molecule has 5 nitrogen and oxygen atoms in total. The first kappa shape index (κ1) is 14.5. The van der Waals surface area contributed by atoms with Crippen molar-refractivity contribution in [2.24, 2.45) is 0 Å². The van der Waals surface area contributed by atoms with E-state index in [-0.39, 0.29) is 18.2 Å². The van der Waals surface area contributed by atoms with E-state index < -0.39 is 0 Å². The number of aryl methyl sites for hydroxylation is 1. The van der Waals surface area contributed by atoms with Gasteiger partial charge < -0.3 is 15.0 Å². The van der Waals surface area contributed by atoms with Crippen molar-refractivity contribution >= 4 is 17.5 Å². The van der Waals surface area contributed by atoms with E-state index in [1.807, 2.05) is 24.3 Å². The molecule has 0 unspecified atom stereocenters. The lowest BCUT2D eigenvalue weighted by molar-refractivity contribution is -0.138. The predicted molar refractivity (Wildman–Crippen MR) is 76.5 cm³/mol. The summed E-state index contributed by atoms with van der Waals surface area (Å²) in [6.07, 6.45) is 0.847. The van der Waals surface area contributed by atoms with Gasteiger partial charge in [-0.2, -0.15) is 0 Å². The van der Waals surface area contributed by atoms with Gasteiger partial charge in [0.05, 0.1) is 13.2 Å². The number of hydrogen-bond donors (Lipinski definition) is 1. The third-order valence-corrected chi connectivity index (χ3v) is 3.32. The maximum atomic E-state index is 11.9. The molecule has 0 aromatic heterocycles. The quantitative estimate of drug-likeness (QED) is 0.847. The number of hydrogen-bond acceptors (Lipinski definition) is 3. The zero-order valence-electron chi connectivity index (χ0n) is 11.7. The summed E-state index contributed by atoms with van der Waals surface area (Å²) in [5.74, 6) is -0.415. The van der Waals surface area contributed by atoms with E-state index in [0.29, 0.717) is 26.3 Å². The summed E-state index contributed by atoms with van der Waals surface area (Å²) in [6.45, 7) is 4.31. The molecule has 1 heterocycles. The van der Waals surface area contributed by atoms with Crippen molar-refractivity contribution in [1.82, 2.24) is 4.90 Å². The second kappa shape index (κ2) is 7.05. The van der Waals surface area contributed by atoms with Crippen LogP contribution in [0.15, 0.2) is 24.3 Å². The van der Waals surface area contributed by atoms with E-state index in [1.54, 1.807) is 4.90 Å². The average molecular weight is 276 g/mol. The molecule has 0 atom stereocenters. The molecule has 20 heavy (non-hydrogen) atoms. The first-order valence-corrected chi connectivity index (χ1v) is 6.93. The molecule has 1 N–H and O–H groups in total. The summed E-state index contributed by atoms with van der Waals surface area (Å²) in [7, 11) is 0. The van der Waals surface area contributed by atoms with Gasteiger partial charge in [0.25, 0.3) is 0 Å². The van der Waals surface area contributed by atoms with Crippen LogP contribution in [-0.2, 0) is 20.7 Å². The van der Waals surface area contributed by atoms with E-state index in [2.05, 4.69) is 12.2 Å². The smallest absolute Gasteiger partial charge is 0.233 e. The molecule has 0 aliphatic carbocycles. The highest BCUT2D eigenvalue weighted by molar-refractivity contribution is 6.03. The van der Waals surface area contributed by atoms with Crippen molar-refractivity contribution < 1.29 is 14.3 Å². The first-order valence-electron chi connectivity index (χ1n) is 6.93. The molecule has 1 aliphatic heterocycles. The number of anilines is 1. The van der Waals surface area contributed by atoms with Crippen LogP contribution in [0.2, 0.25) is 0 Å². The van der Waals surface area contributed by atoms with E-state index in [1.165, 1.54) is 5.56 Å². The van der Waals surface area contributed by atoms with Crippen LogP contribution in [0, 0.1) is 0 Å². The van der Waals surface area contributed by atoms with Crippen molar-refractivity contribution in [2.75, 3.05) is 31.6 Å². The Morgan fingerprint density at radius 1 is 1.20 bits per heavy atom. The fourth-order valence-corrected chi connectivity index (χ4v) is 2.09. The SMILES string of the molecule is CCc1ccc(NC(=O)CC(=O)N2CCOCC2)cc1. The molecule has 0 radical (unpaired) electrons. The van der Waals surface area contributed by atoms with Crippen LogP contribution < -0.4 is 5.32 Å². The number of nitrogens with one attached hydrogen (secondary N) is 1. The number of rotatable bonds is 4. The second-order valence-corrected chi connectivity index (χ2v) is 4.77. The molecular weight excluding hydrogens is 256 g/mol. The highest BCUT2D eigenvalue weighted by atomic mass is 16.5. The molecule has 0 bridgehead atoms. The van der Waals surface area contributed by atoms with Crippen LogP contribution in [0.25, 0.3) is 0 Å². The fraction of sp³-hybridized carbons (Fsp3) is 0.467. The van der Waals surface area contributed by atoms with Crippen LogP contribution in [0.3, 0.4) is 0 Å². The van der Waals surface area contributed by atoms with Gasteiger partial charge in [-0.25, -0.2) is 0 Å². The van der Waals surface area contributed by atoms with Crippen LogP contribution in [-0.4, -0.2) is 43.0 Å². The number of amides is 2. The lowest BCUT2D eigenvalue weighted by Gasteiger charge is -2.26. The Kier molecular flexibility index (Phi) is 5.12. The Morgan fingerprint density at radius 3 is 2.45 bits per heavy atom. The normalized spacial score (nSPS) is 14.9. The molecule has 5 heteroatoms. The van der Waals surface area contributed by atoms with Gasteiger partial charge in [-0.3, -0.25) is 9.59 Å². The third-order valence-electron chi connectivity index (χ3n) is 3.32. The molecule has 1 fully saturated rings. The third kappa shape index (κ3) is 4.06. The van der Waals surface area contributed by atoms with Gasteiger partial charge >= 0.3 is 0 Å². The molecule has 1 aromatic carbocycles. The van der Waals surface area contributed by atoms with Crippen molar-refractivity contribution in [3.05, 3.63) is 29.8 Å². The summed E-state index contributed by atoms with van der Waals surface area (Å²) in [4.78, 5) is 25.4. The number of benzene rings is 1. The Labute approximate surface area is 118 Å². The minimum absolute atomic E-state index is 0.116. The van der Waals surface area contributed by atoms with E-state index in [4.69, 9.17) is 4.74 Å². The number of carbonyl (C=O) groups excluding carboxylic acids is 2. The number of nitrogens with zero attached hydrogens (tertiary/aromatic N) is 1. The van der Waals surface area contributed by atoms with Crippen LogP contribution in [0.5, 0.6) is 0 Å². The van der Waals surface area contributed by atoms with Gasteiger partial charge in [0.15, 0.2) is 0 Å². The molecule has 108 valence electrons. The van der Waals surface area contributed by atoms with Gasteiger partial charge in [0, 0.05) is 18.8 Å². The van der Waals surface area contributed by atoms with Crippen molar-refractivity contribution in [3.63, 3.8) is 0 Å². The monoisotopic (exact) mass is 276 g/mol. The minimum Gasteiger partial charge on any atom is -0.378 e. The highest BCUT2D eigenvalue weighted by Gasteiger charge is 2.19. The van der Waals surface area contributed by atoms with Crippen molar-refractivity contribution in [1.29, 1.82) is 0 Å². The first-order chi connectivity index (χ1) is 9.69. The summed E-state index contributed by atoms with van der Waals surface area (Å²) in [5.41, 5.74) is 1.94. The number of ether oxygens (including phenoxy) is 1. The molecule has 0 spiro atoms. The van der Waals surface area contributed by atoms with Crippen molar-refractivity contribution in [3.8, 4) is 0 Å². The van der Waals surface area contributed by atoms with Gasteiger partial charge in [0.1, 0.15) is 6.42 Å². The van der Waals surface area contributed by atoms with Gasteiger partial charge in [-0.1, -0.05) is 19.1 Å². The Balaban J connectivity index is 1.83. The Hall–Kier alpha value is -1.88. The lowest BCUT2D eigenvalue weighted by Crippen LogP contribution is -2.41. The molecule has 2 amide bonds. The van der Waals surface area contributed by atoms with Crippen LogP contribution >= 0.6 is 0 Å². The standard InChI is InChI=1S/C15H20N2O3/c1-2-12-3-5-13(6-4-12)16-14(18)11-15(19)17-7-9-20-10-8-17/h3-6H,2,7-11H2,1H3,(H,16,18). The van der Waals surface area contributed by atoms with Crippen molar-refractivity contribution in [2.45, 2.75) is 19.8 Å². The highest BCUT2D eigenvalue weighted by Crippen LogP contribution is 2.10. The molecule has 1 aromatic rings. The maximum Gasteiger partial charge on any atom is 0.233 e. The van der Waals surface area contributed by atoms with Gasteiger partial charge in [-0.05, 0) is 24.1 Å². The van der Waals surface area contributed by atoms with Crippen LogP contribution in [0.1, 0.15) is 18.9 Å². The summed E-state index contributed by atoms with van der Waals surface area (Å²) in [5, 5.41) is 2.75. The molecule has 2 rings (SSSR count). The van der Waals surface area contributed by atoms with Crippen LogP contribution in [0.4, 0.5) is 5.69 Å². The largest absolute Gasteiger partial charge is 0.378 e. The zero-order chi connectivity index (χ0) is 14.4. The van der Waals surface area contributed by atoms with E-state index >= 15 is 0 Å². The fourth-order valence-electron chi connectivity index (χ4n) is 2.09.